The third-order valence-electron chi connectivity index (χ3n) is 4.50. The lowest BCUT2D eigenvalue weighted by atomic mass is 9.86. The van der Waals surface area contributed by atoms with Gasteiger partial charge in [0.1, 0.15) is 36.6 Å². The molecule has 1 heterocycles. The molecular weight excluding hydrogens is 326 g/mol. The monoisotopic (exact) mass is 351 g/mol. The molecule has 1 saturated heterocycles. The van der Waals surface area contributed by atoms with Gasteiger partial charge in [0, 0.05) is 7.11 Å². The van der Waals surface area contributed by atoms with Gasteiger partial charge in [0.15, 0.2) is 6.29 Å². The molecule has 2 aliphatic rings. The van der Waals surface area contributed by atoms with Crippen molar-refractivity contribution in [3.63, 3.8) is 0 Å². The van der Waals surface area contributed by atoms with Gasteiger partial charge in [-0.25, -0.2) is 0 Å². The summed E-state index contributed by atoms with van der Waals surface area (Å²) in [6.45, 7) is -1.02. The van der Waals surface area contributed by atoms with Crippen LogP contribution in [0.2, 0.25) is 0 Å². The standard InChI is InChI=1S/C14H25NO9/c1-23-14-13(22)11(20)8(7(4-17)24-14)15-6-2-5(3-16)9(18)12(21)10(6)19/h2,6-22H,3-4H2,1H3/t6-,7-,8-,9-,10+,11+,12+,13-,14+/m1/s1. The Morgan fingerprint density at radius 1 is 1.04 bits per heavy atom. The van der Waals surface area contributed by atoms with Gasteiger partial charge in [-0.15, -0.1) is 0 Å². The van der Waals surface area contributed by atoms with Gasteiger partial charge >= 0.3 is 0 Å². The second kappa shape index (κ2) is 8.15. The van der Waals surface area contributed by atoms with E-state index in [1.165, 1.54) is 13.2 Å². The molecule has 0 aromatic rings. The van der Waals surface area contributed by atoms with Crippen LogP contribution in [0.15, 0.2) is 11.6 Å². The average molecular weight is 351 g/mol. The van der Waals surface area contributed by atoms with E-state index in [0.29, 0.717) is 0 Å². The van der Waals surface area contributed by atoms with Crippen molar-refractivity contribution < 1.29 is 45.2 Å². The van der Waals surface area contributed by atoms with Gasteiger partial charge in [0.25, 0.3) is 0 Å². The van der Waals surface area contributed by atoms with E-state index in [2.05, 4.69) is 5.32 Å². The summed E-state index contributed by atoms with van der Waals surface area (Å²) in [6.07, 6.45) is -7.90. The zero-order valence-corrected chi connectivity index (χ0v) is 13.1. The van der Waals surface area contributed by atoms with Crippen LogP contribution in [0.25, 0.3) is 0 Å². The Labute approximate surface area is 138 Å². The molecule has 9 atom stereocenters. The Hall–Kier alpha value is -0.660. The first-order valence-electron chi connectivity index (χ1n) is 7.62. The van der Waals surface area contributed by atoms with Crippen LogP contribution in [0.3, 0.4) is 0 Å². The van der Waals surface area contributed by atoms with Crippen LogP contribution in [0.5, 0.6) is 0 Å². The van der Waals surface area contributed by atoms with E-state index < -0.39 is 68.2 Å². The third-order valence-corrected chi connectivity index (χ3v) is 4.50. The summed E-state index contributed by atoms with van der Waals surface area (Å²) in [7, 11) is 1.28. The van der Waals surface area contributed by atoms with Crippen molar-refractivity contribution in [2.24, 2.45) is 0 Å². The largest absolute Gasteiger partial charge is 0.394 e. The number of ether oxygens (including phenoxy) is 2. The molecule has 24 heavy (non-hydrogen) atoms. The minimum atomic E-state index is -1.54. The van der Waals surface area contributed by atoms with Crippen LogP contribution in [0.1, 0.15) is 0 Å². The zero-order valence-electron chi connectivity index (χ0n) is 13.1. The van der Waals surface area contributed by atoms with Crippen LogP contribution in [-0.2, 0) is 9.47 Å². The summed E-state index contributed by atoms with van der Waals surface area (Å²) in [5, 5.41) is 71.4. The highest BCUT2D eigenvalue weighted by Gasteiger charge is 2.47. The molecule has 2 rings (SSSR count). The number of methoxy groups -OCH3 is 1. The van der Waals surface area contributed by atoms with Crippen molar-refractivity contribution in [1.29, 1.82) is 0 Å². The lowest BCUT2D eigenvalue weighted by Gasteiger charge is -2.44. The van der Waals surface area contributed by atoms with E-state index in [1.807, 2.05) is 0 Å². The van der Waals surface area contributed by atoms with Gasteiger partial charge in [-0.1, -0.05) is 6.08 Å². The first kappa shape index (κ1) is 19.7. The minimum absolute atomic E-state index is 0.104. The molecule has 10 nitrogen and oxygen atoms in total. The third kappa shape index (κ3) is 3.63. The maximum atomic E-state index is 10.3. The average Bonchev–Trinajstić information content (AvgIpc) is 2.59. The first-order valence-corrected chi connectivity index (χ1v) is 7.62. The molecule has 0 saturated carbocycles. The van der Waals surface area contributed by atoms with E-state index in [1.54, 1.807) is 0 Å². The van der Waals surface area contributed by atoms with E-state index >= 15 is 0 Å². The fraction of sp³-hybridized carbons (Fsp3) is 0.857. The number of hydrogen-bond donors (Lipinski definition) is 8. The number of aliphatic hydroxyl groups excluding tert-OH is 7. The van der Waals surface area contributed by atoms with Crippen LogP contribution in [0.4, 0.5) is 0 Å². The fourth-order valence-electron chi connectivity index (χ4n) is 3.05. The Bertz CT molecular complexity index is 446. The minimum Gasteiger partial charge on any atom is -0.394 e. The topological polar surface area (TPSA) is 172 Å². The molecular formula is C14H25NO9. The van der Waals surface area contributed by atoms with Crippen molar-refractivity contribution in [3.8, 4) is 0 Å². The summed E-state index contributed by atoms with van der Waals surface area (Å²) in [6, 6.07) is -1.94. The highest BCUT2D eigenvalue weighted by molar-refractivity contribution is 5.22. The fourth-order valence-corrected chi connectivity index (χ4v) is 3.05. The van der Waals surface area contributed by atoms with Crippen LogP contribution >= 0.6 is 0 Å². The molecule has 0 aromatic carbocycles. The number of aliphatic hydroxyl groups is 7. The van der Waals surface area contributed by atoms with E-state index in [-0.39, 0.29) is 5.57 Å². The molecule has 0 radical (unpaired) electrons. The summed E-state index contributed by atoms with van der Waals surface area (Å²) in [5.74, 6) is 0. The molecule has 0 amide bonds. The van der Waals surface area contributed by atoms with E-state index in [4.69, 9.17) is 9.47 Å². The Kier molecular flexibility index (Phi) is 6.67. The zero-order chi connectivity index (χ0) is 18.0. The van der Waals surface area contributed by atoms with Crippen LogP contribution in [0, 0.1) is 0 Å². The molecule has 1 aliphatic carbocycles. The Balaban J connectivity index is 2.19. The van der Waals surface area contributed by atoms with Crippen molar-refractivity contribution in [3.05, 3.63) is 11.6 Å². The number of hydrogen-bond acceptors (Lipinski definition) is 10. The van der Waals surface area contributed by atoms with Gasteiger partial charge in [0.2, 0.25) is 0 Å². The Morgan fingerprint density at radius 3 is 2.25 bits per heavy atom. The second-order valence-electron chi connectivity index (χ2n) is 5.99. The normalized spacial score (nSPS) is 46.7. The Morgan fingerprint density at radius 2 is 1.71 bits per heavy atom. The van der Waals surface area contributed by atoms with Crippen molar-refractivity contribution in [2.75, 3.05) is 20.3 Å². The van der Waals surface area contributed by atoms with Crippen molar-refractivity contribution in [1.82, 2.24) is 5.32 Å². The lowest BCUT2D eigenvalue weighted by Crippen LogP contribution is -2.67. The van der Waals surface area contributed by atoms with Crippen LogP contribution < -0.4 is 5.32 Å². The van der Waals surface area contributed by atoms with E-state index in [0.717, 1.165) is 0 Å². The quantitative estimate of drug-likeness (QED) is 0.225. The second-order valence-corrected chi connectivity index (χ2v) is 5.99. The molecule has 10 heteroatoms. The lowest BCUT2D eigenvalue weighted by molar-refractivity contribution is -0.273. The summed E-state index contributed by atoms with van der Waals surface area (Å²) < 4.78 is 10.2. The number of nitrogens with one attached hydrogen (secondary N) is 1. The molecule has 0 unspecified atom stereocenters. The summed E-state index contributed by atoms with van der Waals surface area (Å²) in [5.41, 5.74) is 0.104. The number of rotatable bonds is 5. The van der Waals surface area contributed by atoms with Crippen molar-refractivity contribution in [2.45, 2.75) is 55.0 Å². The maximum Gasteiger partial charge on any atom is 0.186 e. The van der Waals surface area contributed by atoms with Gasteiger partial charge < -0.3 is 50.5 Å². The van der Waals surface area contributed by atoms with Crippen molar-refractivity contribution >= 4 is 0 Å². The molecule has 8 N–H and O–H groups in total. The smallest absolute Gasteiger partial charge is 0.186 e. The molecule has 0 spiro atoms. The summed E-state index contributed by atoms with van der Waals surface area (Å²) in [4.78, 5) is 0. The maximum absolute atomic E-state index is 10.3. The highest BCUT2D eigenvalue weighted by Crippen LogP contribution is 2.25. The van der Waals surface area contributed by atoms with Gasteiger partial charge in [-0.2, -0.15) is 0 Å². The molecule has 0 aromatic heterocycles. The highest BCUT2D eigenvalue weighted by atomic mass is 16.7. The first-order chi connectivity index (χ1) is 11.3. The summed E-state index contributed by atoms with van der Waals surface area (Å²) >= 11 is 0. The molecule has 0 bridgehead atoms. The van der Waals surface area contributed by atoms with Gasteiger partial charge in [-0.3, -0.25) is 0 Å². The van der Waals surface area contributed by atoms with Gasteiger partial charge in [-0.05, 0) is 5.57 Å². The predicted octanol–water partition coefficient (Wildman–Crippen LogP) is -4.59. The SMILES string of the molecule is CO[C@H]1O[C@H](CO)[C@@H](N[C@@H]2C=C(CO)[C@@H](O)[C@H](O)[C@H]2O)[C@H](O)[C@H]1O. The molecule has 1 aliphatic heterocycles. The van der Waals surface area contributed by atoms with Crippen LogP contribution in [-0.4, -0.2) is 111 Å². The van der Waals surface area contributed by atoms with E-state index in [9.17, 15) is 35.7 Å². The van der Waals surface area contributed by atoms with Gasteiger partial charge in [0.05, 0.1) is 25.3 Å². The molecule has 1 fully saturated rings. The predicted molar refractivity (Wildman–Crippen MR) is 78.7 cm³/mol. The molecule has 140 valence electrons.